The van der Waals surface area contributed by atoms with E-state index in [1.54, 1.807) is 0 Å². The summed E-state index contributed by atoms with van der Waals surface area (Å²) in [7, 11) is 0. The highest BCUT2D eigenvalue weighted by Crippen LogP contribution is 2.37. The summed E-state index contributed by atoms with van der Waals surface area (Å²) >= 11 is 2.25. The van der Waals surface area contributed by atoms with Gasteiger partial charge >= 0.3 is 11.9 Å². The number of nitrogens with one attached hydrogen (secondary N) is 2. The van der Waals surface area contributed by atoms with Gasteiger partial charge in [0.2, 0.25) is 13.0 Å². The maximum absolute atomic E-state index is 12.7. The molecule has 13 nitrogen and oxygen atoms in total. The molecule has 158 valence electrons. The molecule has 1 saturated heterocycles. The van der Waals surface area contributed by atoms with Crippen LogP contribution in [-0.4, -0.2) is 79.7 Å². The number of rotatable bonds is 9. The van der Waals surface area contributed by atoms with Crippen LogP contribution in [0.3, 0.4) is 0 Å². The van der Waals surface area contributed by atoms with Crippen molar-refractivity contribution in [2.45, 2.75) is 11.4 Å². The van der Waals surface area contributed by atoms with Crippen LogP contribution in [0, 0.1) is 0 Å². The number of carbonyl (C=O) groups excluding carboxylic acids is 3. The van der Waals surface area contributed by atoms with E-state index < -0.39 is 47.5 Å². The van der Waals surface area contributed by atoms with Gasteiger partial charge in [-0.3, -0.25) is 19.3 Å². The van der Waals surface area contributed by atoms with Gasteiger partial charge in [-0.25, -0.2) is 14.6 Å². The largest absolute Gasteiger partial charge is 0.479 e. The number of nitrogens with zero attached hydrogens (tertiary/aromatic N) is 3. The Labute approximate surface area is 175 Å². The highest BCUT2D eigenvalue weighted by molar-refractivity contribution is 8.00. The molecule has 1 aromatic rings. The minimum absolute atomic E-state index is 0.0155. The molecule has 2 aliphatic heterocycles. The number of thiazole rings is 1. The second-order valence-electron chi connectivity index (χ2n) is 5.68. The van der Waals surface area contributed by atoms with Gasteiger partial charge in [-0.2, -0.15) is 0 Å². The average molecular weight is 455 g/mol. The molecule has 3 amide bonds. The first-order valence-corrected chi connectivity index (χ1v) is 10.0. The lowest BCUT2D eigenvalue weighted by atomic mass is 10.0. The third-order valence-corrected chi connectivity index (χ3v) is 5.80. The molecule has 30 heavy (non-hydrogen) atoms. The number of thioether (sulfide) groups is 1. The Bertz CT molecular complexity index is 974. The predicted octanol–water partition coefficient (Wildman–Crippen LogP) is -1.11. The van der Waals surface area contributed by atoms with E-state index in [1.165, 1.54) is 23.2 Å². The third-order valence-electron chi connectivity index (χ3n) is 3.84. The van der Waals surface area contributed by atoms with Gasteiger partial charge in [-0.15, -0.1) is 23.1 Å². The zero-order valence-electron chi connectivity index (χ0n) is 14.8. The van der Waals surface area contributed by atoms with Gasteiger partial charge in [0.15, 0.2) is 10.8 Å². The molecule has 15 heteroatoms. The van der Waals surface area contributed by atoms with Crippen LogP contribution in [0.5, 0.6) is 0 Å². The molecule has 1 unspecified atom stereocenters. The molecule has 3 rings (SSSR count). The molecule has 1 fully saturated rings. The van der Waals surface area contributed by atoms with Crippen molar-refractivity contribution < 1.29 is 39.0 Å². The predicted molar refractivity (Wildman–Crippen MR) is 103 cm³/mol. The van der Waals surface area contributed by atoms with Gasteiger partial charge in [0.1, 0.15) is 22.8 Å². The van der Waals surface area contributed by atoms with Crippen LogP contribution in [-0.2, 0) is 28.8 Å². The van der Waals surface area contributed by atoms with E-state index in [0.717, 1.165) is 16.2 Å². The first-order chi connectivity index (χ1) is 14.3. The Morgan fingerprint density at radius 1 is 1.40 bits per heavy atom. The lowest BCUT2D eigenvalue weighted by Gasteiger charge is -2.48. The molecule has 0 aliphatic carbocycles. The van der Waals surface area contributed by atoms with Crippen molar-refractivity contribution in [1.82, 2.24) is 15.2 Å². The van der Waals surface area contributed by atoms with Crippen LogP contribution in [0.25, 0.3) is 0 Å². The minimum Gasteiger partial charge on any atom is -0.479 e. The number of oxime groups is 1. The van der Waals surface area contributed by atoms with E-state index in [1.807, 2.05) is 0 Å². The number of hydrogen-bond acceptors (Lipinski definition) is 10. The van der Waals surface area contributed by atoms with Crippen LogP contribution < -0.4 is 10.6 Å². The number of fused-ring (bicyclic) bond motifs is 1. The Kier molecular flexibility index (Phi) is 6.31. The first kappa shape index (κ1) is 21.3. The van der Waals surface area contributed by atoms with Crippen molar-refractivity contribution >= 4 is 64.1 Å². The van der Waals surface area contributed by atoms with E-state index in [0.29, 0.717) is 12.2 Å². The number of amides is 3. The number of hydrogen-bond donors (Lipinski definition) is 4. The number of aliphatic carboxylic acids is 2. The van der Waals surface area contributed by atoms with Gasteiger partial charge < -0.3 is 25.7 Å². The smallest absolute Gasteiger partial charge is 0.352 e. The van der Waals surface area contributed by atoms with E-state index in [9.17, 15) is 29.1 Å². The number of carbonyl (C=O) groups is 5. The van der Waals surface area contributed by atoms with E-state index in [-0.39, 0.29) is 16.5 Å². The first-order valence-electron chi connectivity index (χ1n) is 8.10. The molecule has 0 radical (unpaired) electrons. The summed E-state index contributed by atoms with van der Waals surface area (Å²) < 4.78 is 0. The zero-order chi connectivity index (χ0) is 21.8. The summed E-state index contributed by atoms with van der Waals surface area (Å²) in [6.45, 7) is -0.818. The van der Waals surface area contributed by atoms with Crippen molar-refractivity contribution in [3.63, 3.8) is 0 Å². The Balaban J connectivity index is 1.77. The molecule has 2 atom stereocenters. The number of anilines is 1. The standard InChI is InChI=1S/C15H13N5O8S2/c21-5-16-15-17-6(4-30-15)9(19-28-3-8(22)23)11(24)18-10-12(25)20-7(14(26)27)1-2-29-13(10)20/h1,4-5,10,13H,2-3H2,(H,18,24)(H,22,23)(H,26,27)(H,16,17,21)/t10?,13-/m0/s1. The normalized spacial score (nSPS) is 20.4. The molecular formula is C15H13N5O8S2. The number of β-lactam (4-membered cyclic amide) rings is 1. The third kappa shape index (κ3) is 4.25. The monoisotopic (exact) mass is 455 g/mol. The van der Waals surface area contributed by atoms with Crippen molar-refractivity contribution in [3.8, 4) is 0 Å². The maximum atomic E-state index is 12.7. The summed E-state index contributed by atoms with van der Waals surface area (Å²) in [6.07, 6.45) is 1.79. The Morgan fingerprint density at radius 2 is 2.17 bits per heavy atom. The lowest BCUT2D eigenvalue weighted by molar-refractivity contribution is -0.150. The fourth-order valence-corrected chi connectivity index (χ4v) is 4.45. The van der Waals surface area contributed by atoms with Crippen LogP contribution >= 0.6 is 23.1 Å². The molecular weight excluding hydrogens is 442 g/mol. The van der Waals surface area contributed by atoms with Crippen LogP contribution in [0.4, 0.5) is 5.13 Å². The fraction of sp³-hybridized carbons (Fsp3) is 0.267. The second-order valence-corrected chi connectivity index (χ2v) is 7.69. The number of aromatic nitrogens is 1. The highest BCUT2D eigenvalue weighted by atomic mass is 32.2. The van der Waals surface area contributed by atoms with Crippen LogP contribution in [0.1, 0.15) is 5.69 Å². The fourth-order valence-electron chi connectivity index (χ4n) is 2.60. The maximum Gasteiger partial charge on any atom is 0.352 e. The minimum atomic E-state index is -1.32. The molecule has 3 heterocycles. The van der Waals surface area contributed by atoms with Gasteiger partial charge in [0, 0.05) is 11.1 Å². The lowest BCUT2D eigenvalue weighted by Crippen LogP contribution is -2.70. The van der Waals surface area contributed by atoms with E-state index in [2.05, 4.69) is 25.6 Å². The van der Waals surface area contributed by atoms with Gasteiger partial charge in [0.05, 0.1) is 0 Å². The molecule has 0 spiro atoms. The van der Waals surface area contributed by atoms with Gasteiger partial charge in [-0.1, -0.05) is 5.16 Å². The highest BCUT2D eigenvalue weighted by Gasteiger charge is 2.53. The van der Waals surface area contributed by atoms with Crippen molar-refractivity contribution in [2.24, 2.45) is 5.16 Å². The SMILES string of the molecule is O=CNc1nc(C(=NOCC(=O)O)C(=O)NC2C(=O)N3C(C(=O)O)=CCS[C@@H]23)cs1. The molecule has 1 aromatic heterocycles. The second kappa shape index (κ2) is 8.91. The summed E-state index contributed by atoms with van der Waals surface area (Å²) in [6, 6.07) is -1.01. The van der Waals surface area contributed by atoms with Crippen LogP contribution in [0.15, 0.2) is 22.3 Å². The number of carboxylic acid groups (broad SMARTS) is 2. The molecule has 0 aromatic carbocycles. The molecule has 0 saturated carbocycles. The summed E-state index contributed by atoms with van der Waals surface area (Å²) in [4.78, 5) is 67.2. The van der Waals surface area contributed by atoms with Gasteiger partial charge in [-0.05, 0) is 6.08 Å². The van der Waals surface area contributed by atoms with Gasteiger partial charge in [0.25, 0.3) is 11.8 Å². The molecule has 4 N–H and O–H groups in total. The van der Waals surface area contributed by atoms with E-state index in [4.69, 9.17) is 5.11 Å². The molecule has 2 aliphatic rings. The Hall–Kier alpha value is -3.46. The summed E-state index contributed by atoms with van der Waals surface area (Å²) in [5.41, 5.74) is -0.581. The van der Waals surface area contributed by atoms with Crippen molar-refractivity contribution in [3.05, 3.63) is 22.8 Å². The van der Waals surface area contributed by atoms with Crippen molar-refractivity contribution in [1.29, 1.82) is 0 Å². The quantitative estimate of drug-likeness (QED) is 0.154. The van der Waals surface area contributed by atoms with E-state index >= 15 is 0 Å². The zero-order valence-corrected chi connectivity index (χ0v) is 16.4. The summed E-state index contributed by atoms with van der Waals surface area (Å²) in [5.74, 6) is -3.72. The Morgan fingerprint density at radius 3 is 2.83 bits per heavy atom. The van der Waals surface area contributed by atoms with Crippen LogP contribution in [0.2, 0.25) is 0 Å². The average Bonchev–Trinajstić information content (AvgIpc) is 3.16. The summed E-state index contributed by atoms with van der Waals surface area (Å²) in [5, 5.41) is 27.0. The number of carboxylic acids is 2. The topological polar surface area (TPSA) is 188 Å². The molecule has 0 bridgehead atoms. The van der Waals surface area contributed by atoms with Crippen molar-refractivity contribution in [2.75, 3.05) is 17.7 Å².